The van der Waals surface area contributed by atoms with Crippen LogP contribution in [0, 0.1) is 34.5 Å². The summed E-state index contributed by atoms with van der Waals surface area (Å²) in [6.45, 7) is 2.73. The third kappa shape index (κ3) is 1.97. The van der Waals surface area contributed by atoms with Crippen LogP contribution in [0.1, 0.15) is 58.3 Å². The van der Waals surface area contributed by atoms with Crippen molar-refractivity contribution in [3.8, 4) is 0 Å². The van der Waals surface area contributed by atoms with Gasteiger partial charge in [0.2, 0.25) is 0 Å². The van der Waals surface area contributed by atoms with Crippen LogP contribution in [0.2, 0.25) is 0 Å². The van der Waals surface area contributed by atoms with E-state index < -0.39 is 5.79 Å². The van der Waals surface area contributed by atoms with Crippen LogP contribution >= 0.6 is 0 Å². The minimum Gasteiger partial charge on any atom is -0.391 e. The number of rotatable bonds is 1. The van der Waals surface area contributed by atoms with Crippen molar-refractivity contribution >= 4 is 5.78 Å². The predicted molar refractivity (Wildman–Crippen MR) is 92.5 cm³/mol. The quantitative estimate of drug-likeness (QED) is 0.766. The molecule has 5 aliphatic rings. The van der Waals surface area contributed by atoms with Crippen LogP contribution in [0.3, 0.4) is 0 Å². The number of hydrogen-bond acceptors (Lipinski definition) is 4. The summed E-state index contributed by atoms with van der Waals surface area (Å²) in [6, 6.07) is 0. The number of hydrogen-bond donors (Lipinski definition) is 2. The molecule has 3 saturated carbocycles. The predicted octanol–water partition coefficient (Wildman–Crippen LogP) is 2.83. The number of carbonyl (C=O) groups excluding carboxylic acids is 1. The minimum absolute atomic E-state index is 0.0701. The Balaban J connectivity index is 1.49. The Morgan fingerprint density at radius 2 is 2.00 bits per heavy atom. The SMILES string of the molecule is C[C@]12CCC(=O)C=C1CC[C@H]1[C@@H]3CC[C@@H]4C(O)(CO)OC[C@@]43CC[C@@H]12. The fourth-order valence-electron chi connectivity index (χ4n) is 7.84. The molecule has 7 atom stereocenters. The number of carbonyl (C=O) groups is 1. The van der Waals surface area contributed by atoms with E-state index in [4.69, 9.17) is 4.74 Å². The van der Waals surface area contributed by atoms with Crippen molar-refractivity contribution < 1.29 is 19.7 Å². The molecule has 1 unspecified atom stereocenters. The van der Waals surface area contributed by atoms with E-state index in [2.05, 4.69) is 6.92 Å². The Bertz CT molecular complexity index is 642. The van der Waals surface area contributed by atoms with E-state index in [0.717, 1.165) is 32.1 Å². The summed E-state index contributed by atoms with van der Waals surface area (Å²) in [5.41, 5.74) is 1.68. The van der Waals surface area contributed by atoms with Gasteiger partial charge in [-0.25, -0.2) is 0 Å². The molecule has 0 bridgehead atoms. The summed E-state index contributed by atoms with van der Waals surface area (Å²) in [6.07, 6.45) is 10.3. The van der Waals surface area contributed by atoms with E-state index in [-0.39, 0.29) is 23.4 Å². The highest BCUT2D eigenvalue weighted by Gasteiger charge is 2.68. The molecule has 4 nitrogen and oxygen atoms in total. The lowest BCUT2D eigenvalue weighted by molar-refractivity contribution is -0.217. The molecule has 4 heteroatoms. The molecule has 0 amide bonds. The molecule has 1 spiro atoms. The van der Waals surface area contributed by atoms with Gasteiger partial charge in [0, 0.05) is 17.8 Å². The number of ether oxygens (including phenoxy) is 1. The molecular formula is C21H30O4. The molecule has 138 valence electrons. The molecule has 1 saturated heterocycles. The highest BCUT2D eigenvalue weighted by molar-refractivity contribution is 5.91. The monoisotopic (exact) mass is 346 g/mol. The molecule has 0 radical (unpaired) electrons. The van der Waals surface area contributed by atoms with Gasteiger partial charge < -0.3 is 14.9 Å². The van der Waals surface area contributed by atoms with E-state index in [0.29, 0.717) is 36.6 Å². The molecule has 4 fully saturated rings. The molecule has 1 heterocycles. The Morgan fingerprint density at radius 1 is 1.16 bits per heavy atom. The second-order valence-electron chi connectivity index (χ2n) is 9.66. The zero-order chi connectivity index (χ0) is 17.4. The summed E-state index contributed by atoms with van der Waals surface area (Å²) < 4.78 is 5.79. The molecule has 2 N–H and O–H groups in total. The van der Waals surface area contributed by atoms with Crippen LogP contribution in [-0.4, -0.2) is 35.0 Å². The zero-order valence-corrected chi connectivity index (χ0v) is 15.2. The smallest absolute Gasteiger partial charge is 0.192 e. The van der Waals surface area contributed by atoms with E-state index in [1.807, 2.05) is 6.08 Å². The minimum atomic E-state index is -1.32. The van der Waals surface area contributed by atoms with E-state index in [9.17, 15) is 15.0 Å². The molecule has 0 aromatic carbocycles. The summed E-state index contributed by atoms with van der Waals surface area (Å²) in [4.78, 5) is 11.9. The van der Waals surface area contributed by atoms with Crippen molar-refractivity contribution in [2.24, 2.45) is 34.5 Å². The molecule has 0 aromatic rings. The van der Waals surface area contributed by atoms with Crippen LogP contribution in [0.5, 0.6) is 0 Å². The van der Waals surface area contributed by atoms with Gasteiger partial charge in [0.05, 0.1) is 13.2 Å². The topological polar surface area (TPSA) is 66.8 Å². The first-order valence-corrected chi connectivity index (χ1v) is 10.1. The van der Waals surface area contributed by atoms with Gasteiger partial charge in [-0.3, -0.25) is 4.79 Å². The number of ketones is 1. The summed E-state index contributed by atoms with van der Waals surface area (Å²) in [5, 5.41) is 20.4. The number of fused-ring (bicyclic) bond motifs is 4. The van der Waals surface area contributed by atoms with E-state index >= 15 is 0 Å². The van der Waals surface area contributed by atoms with Crippen LogP contribution in [0.15, 0.2) is 11.6 Å². The molecular weight excluding hydrogens is 316 g/mol. The maximum absolute atomic E-state index is 11.9. The lowest BCUT2D eigenvalue weighted by atomic mass is 9.46. The summed E-state index contributed by atoms with van der Waals surface area (Å²) in [5.74, 6) is 1.04. The lowest BCUT2D eigenvalue weighted by Crippen LogP contribution is -2.52. The van der Waals surface area contributed by atoms with Gasteiger partial charge in [0.25, 0.3) is 0 Å². The van der Waals surface area contributed by atoms with Crippen molar-refractivity contribution in [3.63, 3.8) is 0 Å². The van der Waals surface area contributed by atoms with Gasteiger partial charge in [0.15, 0.2) is 11.6 Å². The normalized spacial score (nSPS) is 54.4. The molecule has 4 aliphatic carbocycles. The summed E-state index contributed by atoms with van der Waals surface area (Å²) >= 11 is 0. The van der Waals surface area contributed by atoms with Crippen LogP contribution in [0.25, 0.3) is 0 Å². The maximum Gasteiger partial charge on any atom is 0.192 e. The molecule has 0 aromatic heterocycles. The van der Waals surface area contributed by atoms with Crippen molar-refractivity contribution in [2.45, 2.75) is 64.1 Å². The fourth-order valence-corrected chi connectivity index (χ4v) is 7.84. The highest BCUT2D eigenvalue weighted by atomic mass is 16.6. The van der Waals surface area contributed by atoms with E-state index in [1.54, 1.807) is 0 Å². The first kappa shape index (κ1) is 16.5. The second kappa shape index (κ2) is 5.17. The molecule has 1 aliphatic heterocycles. The Morgan fingerprint density at radius 3 is 2.80 bits per heavy atom. The average molecular weight is 346 g/mol. The van der Waals surface area contributed by atoms with Crippen molar-refractivity contribution in [3.05, 3.63) is 11.6 Å². The van der Waals surface area contributed by atoms with Crippen LogP contribution in [-0.2, 0) is 9.53 Å². The van der Waals surface area contributed by atoms with Gasteiger partial charge in [-0.15, -0.1) is 0 Å². The Hall–Kier alpha value is -0.710. The Kier molecular flexibility index (Phi) is 3.41. The lowest BCUT2D eigenvalue weighted by Gasteiger charge is -2.57. The maximum atomic E-state index is 11.9. The Labute approximate surface area is 149 Å². The van der Waals surface area contributed by atoms with Crippen LogP contribution < -0.4 is 0 Å². The average Bonchev–Trinajstić information content (AvgIpc) is 3.12. The van der Waals surface area contributed by atoms with E-state index in [1.165, 1.54) is 18.4 Å². The van der Waals surface area contributed by atoms with Gasteiger partial charge >= 0.3 is 0 Å². The number of allylic oxidation sites excluding steroid dienone is 1. The standard InChI is InChI=1S/C21H30O4/c1-19-8-6-14(23)10-13(19)2-3-15-16(19)7-9-20-12-25-21(24,11-22)18(20)5-4-17(15)20/h10,15-18,22,24H,2-9,11-12H2,1H3/t15-,16+,17+,18+,19+,20-,21?/m1/s1. The molecule has 25 heavy (non-hydrogen) atoms. The van der Waals surface area contributed by atoms with Crippen molar-refractivity contribution in [1.82, 2.24) is 0 Å². The van der Waals surface area contributed by atoms with Crippen molar-refractivity contribution in [1.29, 1.82) is 0 Å². The first-order valence-electron chi connectivity index (χ1n) is 10.1. The highest BCUT2D eigenvalue weighted by Crippen LogP contribution is 2.69. The van der Waals surface area contributed by atoms with Gasteiger partial charge in [-0.1, -0.05) is 12.5 Å². The fraction of sp³-hybridized carbons (Fsp3) is 0.857. The van der Waals surface area contributed by atoms with Gasteiger partial charge in [-0.2, -0.15) is 0 Å². The summed E-state index contributed by atoms with van der Waals surface area (Å²) in [7, 11) is 0. The zero-order valence-electron chi connectivity index (χ0n) is 15.2. The number of aliphatic hydroxyl groups is 2. The first-order chi connectivity index (χ1) is 11.9. The van der Waals surface area contributed by atoms with Gasteiger partial charge in [-0.05, 0) is 74.2 Å². The largest absolute Gasteiger partial charge is 0.391 e. The van der Waals surface area contributed by atoms with Gasteiger partial charge in [0.1, 0.15) is 0 Å². The third-order valence-corrected chi connectivity index (χ3v) is 9.04. The molecule has 5 rings (SSSR count). The third-order valence-electron chi connectivity index (χ3n) is 9.04. The van der Waals surface area contributed by atoms with Crippen LogP contribution in [0.4, 0.5) is 0 Å². The van der Waals surface area contributed by atoms with Crippen molar-refractivity contribution in [2.75, 3.05) is 13.2 Å². The second-order valence-corrected chi connectivity index (χ2v) is 9.66. The number of aliphatic hydroxyl groups excluding tert-OH is 1.